The van der Waals surface area contributed by atoms with Crippen LogP contribution < -0.4 is 5.32 Å². The first-order valence-corrected chi connectivity index (χ1v) is 15.7. The molecule has 0 atom stereocenters. The number of hydrogen-bond donors (Lipinski definition) is 3. The highest BCUT2D eigenvalue weighted by atomic mass is 19.4. The van der Waals surface area contributed by atoms with E-state index in [1.807, 2.05) is 40.8 Å². The maximum absolute atomic E-state index is 13.0. The summed E-state index contributed by atoms with van der Waals surface area (Å²) in [5.41, 5.74) is 2.04. The van der Waals surface area contributed by atoms with Gasteiger partial charge in [0, 0.05) is 51.2 Å². The predicted octanol–water partition coefficient (Wildman–Crippen LogP) is 4.42. The second-order valence-corrected chi connectivity index (χ2v) is 12.0. The number of morpholine rings is 1. The van der Waals surface area contributed by atoms with Gasteiger partial charge in [0.1, 0.15) is 0 Å². The van der Waals surface area contributed by atoms with Crippen molar-refractivity contribution in [2.75, 3.05) is 45.9 Å². The molecule has 1 aliphatic carbocycles. The molecule has 4 heterocycles. The molecule has 3 N–H and O–H groups in total. The Labute approximate surface area is 281 Å². The van der Waals surface area contributed by atoms with Crippen molar-refractivity contribution < 1.29 is 60.2 Å². The molecule has 0 spiro atoms. The van der Waals surface area contributed by atoms with Crippen LogP contribution in [0, 0.1) is 0 Å². The van der Waals surface area contributed by atoms with E-state index in [9.17, 15) is 31.1 Å². The molecule has 2 aromatic heterocycles. The summed E-state index contributed by atoms with van der Waals surface area (Å²) < 4.78 is 76.7. The second kappa shape index (κ2) is 16.0. The molecule has 0 unspecified atom stereocenters. The Hall–Kier alpha value is -4.46. The minimum Gasteiger partial charge on any atom is -0.475 e. The van der Waals surface area contributed by atoms with Crippen LogP contribution in [0.1, 0.15) is 50.3 Å². The number of fused-ring (bicyclic) bond motifs is 1. The smallest absolute Gasteiger partial charge is 0.475 e. The molecular formula is C30H37F6N7O7. The number of carboxylic acids is 2. The standard InChI is InChI=1S/C26H35N7O3.2C2HF3O2/c1-31-21-7-3-2-6-20(21)28-23(31)22-29-24(36-30-22)19-8-12-32(13-9-19)25(34)27-18-26(10-4-5-11-26)33-14-16-35-17-15-33;2*3-2(4,5)1(6)7/h2-3,6-7,19H,4-5,8-18H2,1H3,(H,27,34);2*(H,6,7). The lowest BCUT2D eigenvalue weighted by molar-refractivity contribution is -0.193. The van der Waals surface area contributed by atoms with Gasteiger partial charge in [0.25, 0.3) is 0 Å². The number of ether oxygens (including phenoxy) is 1. The van der Waals surface area contributed by atoms with Gasteiger partial charge in [-0.25, -0.2) is 19.4 Å². The number of rotatable bonds is 5. The number of aliphatic carboxylic acids is 2. The molecule has 1 saturated carbocycles. The maximum atomic E-state index is 13.0. The Morgan fingerprint density at radius 2 is 1.48 bits per heavy atom. The normalized spacial score (nSPS) is 18.5. The number of carbonyl (C=O) groups is 3. The monoisotopic (exact) mass is 721 g/mol. The van der Waals surface area contributed by atoms with E-state index >= 15 is 0 Å². The summed E-state index contributed by atoms with van der Waals surface area (Å²) in [5, 5.41) is 21.7. The molecule has 2 saturated heterocycles. The van der Waals surface area contributed by atoms with Crippen LogP contribution in [-0.4, -0.2) is 122 Å². The summed E-state index contributed by atoms with van der Waals surface area (Å²) in [4.78, 5) is 44.7. The number of aromatic nitrogens is 4. The molecule has 0 bridgehead atoms. The summed E-state index contributed by atoms with van der Waals surface area (Å²) in [6.07, 6.45) is -3.77. The fraction of sp³-hybridized carbons (Fsp3) is 0.600. The van der Waals surface area contributed by atoms with E-state index in [0.717, 1.165) is 69.6 Å². The van der Waals surface area contributed by atoms with Crippen LogP contribution in [0.5, 0.6) is 0 Å². The van der Waals surface area contributed by atoms with Crippen molar-refractivity contribution in [1.29, 1.82) is 0 Å². The number of amides is 2. The molecule has 3 fully saturated rings. The Kier molecular flexibility index (Phi) is 12.3. The van der Waals surface area contributed by atoms with Crippen molar-refractivity contribution in [2.24, 2.45) is 7.05 Å². The Morgan fingerprint density at radius 3 is 2.02 bits per heavy atom. The molecule has 50 heavy (non-hydrogen) atoms. The Balaban J connectivity index is 0.000000340. The number of nitrogens with one attached hydrogen (secondary N) is 1. The van der Waals surface area contributed by atoms with Gasteiger partial charge in [0.05, 0.1) is 24.2 Å². The third-order valence-corrected chi connectivity index (χ3v) is 8.83. The zero-order valence-corrected chi connectivity index (χ0v) is 27.0. The number of hydrogen-bond acceptors (Lipinski definition) is 9. The lowest BCUT2D eigenvalue weighted by Crippen LogP contribution is -2.58. The van der Waals surface area contributed by atoms with Gasteiger partial charge >= 0.3 is 30.3 Å². The van der Waals surface area contributed by atoms with Crippen molar-refractivity contribution >= 4 is 29.0 Å². The lowest BCUT2D eigenvalue weighted by Gasteiger charge is -2.44. The van der Waals surface area contributed by atoms with E-state index in [0.29, 0.717) is 30.6 Å². The molecule has 1 aromatic carbocycles. The third kappa shape index (κ3) is 9.61. The average Bonchev–Trinajstić information content (AvgIpc) is 3.84. The highest BCUT2D eigenvalue weighted by Crippen LogP contribution is 2.36. The highest BCUT2D eigenvalue weighted by Gasteiger charge is 2.41. The quantitative estimate of drug-likeness (QED) is 0.318. The number of urea groups is 1. The fourth-order valence-electron chi connectivity index (χ4n) is 6.19. The first-order chi connectivity index (χ1) is 23.5. The molecule has 6 rings (SSSR count). The number of carbonyl (C=O) groups excluding carboxylic acids is 1. The van der Waals surface area contributed by atoms with E-state index < -0.39 is 24.3 Å². The van der Waals surface area contributed by atoms with Crippen molar-refractivity contribution in [3.8, 4) is 11.6 Å². The zero-order chi connectivity index (χ0) is 36.7. The number of halogens is 6. The van der Waals surface area contributed by atoms with Gasteiger partial charge in [-0.15, -0.1) is 0 Å². The SMILES string of the molecule is Cn1c(-c2noc(C3CCN(C(=O)NCC4(N5CCOCC5)CCCC4)CC3)n2)nc2ccccc21.O=C(O)C(F)(F)F.O=C(O)C(F)(F)F. The van der Waals surface area contributed by atoms with Gasteiger partial charge in [-0.05, 0) is 37.8 Å². The molecule has 14 nitrogen and oxygen atoms in total. The summed E-state index contributed by atoms with van der Waals surface area (Å²) in [5.74, 6) is -3.52. The first kappa shape index (κ1) is 38.3. The van der Waals surface area contributed by atoms with Gasteiger partial charge in [-0.2, -0.15) is 31.3 Å². The van der Waals surface area contributed by atoms with Crippen LogP contribution in [0.25, 0.3) is 22.7 Å². The van der Waals surface area contributed by atoms with Gasteiger partial charge < -0.3 is 34.3 Å². The lowest BCUT2D eigenvalue weighted by atomic mass is 9.94. The molecule has 2 amide bonds. The molecule has 0 radical (unpaired) electrons. The molecule has 3 aromatic rings. The van der Waals surface area contributed by atoms with Crippen molar-refractivity contribution in [3.05, 3.63) is 30.2 Å². The van der Waals surface area contributed by atoms with Gasteiger partial charge in [0.15, 0.2) is 5.82 Å². The van der Waals surface area contributed by atoms with Crippen LogP contribution in [0.4, 0.5) is 31.1 Å². The van der Waals surface area contributed by atoms with Crippen molar-refractivity contribution in [3.63, 3.8) is 0 Å². The number of imidazole rings is 1. The van der Waals surface area contributed by atoms with E-state index in [-0.39, 0.29) is 17.5 Å². The van der Waals surface area contributed by atoms with Crippen LogP contribution >= 0.6 is 0 Å². The van der Waals surface area contributed by atoms with Crippen LogP contribution in [-0.2, 0) is 21.4 Å². The zero-order valence-electron chi connectivity index (χ0n) is 27.0. The van der Waals surface area contributed by atoms with Crippen molar-refractivity contribution in [2.45, 2.75) is 62.3 Å². The van der Waals surface area contributed by atoms with E-state index in [1.54, 1.807) is 0 Å². The first-order valence-electron chi connectivity index (χ1n) is 15.7. The topological polar surface area (TPSA) is 176 Å². The third-order valence-electron chi connectivity index (χ3n) is 8.83. The molecular weight excluding hydrogens is 684 g/mol. The second-order valence-electron chi connectivity index (χ2n) is 12.0. The number of aryl methyl sites for hydroxylation is 1. The van der Waals surface area contributed by atoms with Crippen molar-refractivity contribution in [1.82, 2.24) is 34.8 Å². The van der Waals surface area contributed by atoms with Crippen LogP contribution in [0.15, 0.2) is 28.8 Å². The van der Waals surface area contributed by atoms with Crippen LogP contribution in [0.2, 0.25) is 0 Å². The number of likely N-dealkylation sites (tertiary alicyclic amines) is 1. The van der Waals surface area contributed by atoms with Gasteiger partial charge in [-0.3, -0.25) is 4.90 Å². The van der Waals surface area contributed by atoms with E-state index in [4.69, 9.17) is 29.1 Å². The minimum absolute atomic E-state index is 0.0407. The summed E-state index contributed by atoms with van der Waals surface area (Å²) in [6, 6.07) is 8.02. The number of nitrogens with zero attached hydrogens (tertiary/aromatic N) is 6. The fourth-order valence-corrected chi connectivity index (χ4v) is 6.19. The van der Waals surface area contributed by atoms with E-state index in [1.165, 1.54) is 12.8 Å². The van der Waals surface area contributed by atoms with Gasteiger partial charge in [-0.1, -0.05) is 30.1 Å². The maximum Gasteiger partial charge on any atom is 0.490 e. The number of para-hydroxylation sites is 2. The summed E-state index contributed by atoms with van der Waals surface area (Å²) >= 11 is 0. The highest BCUT2D eigenvalue weighted by molar-refractivity contribution is 5.79. The van der Waals surface area contributed by atoms with Gasteiger partial charge in [0.2, 0.25) is 11.7 Å². The Bertz CT molecular complexity index is 1580. The number of alkyl halides is 6. The van der Waals surface area contributed by atoms with E-state index in [2.05, 4.69) is 25.3 Å². The molecule has 276 valence electrons. The molecule has 3 aliphatic rings. The molecule has 2 aliphatic heterocycles. The largest absolute Gasteiger partial charge is 0.490 e. The summed E-state index contributed by atoms with van der Waals surface area (Å²) in [6.45, 7) is 5.59. The minimum atomic E-state index is -5.08. The number of carboxylic acid groups (broad SMARTS) is 2. The van der Waals surface area contributed by atoms with Crippen LogP contribution in [0.3, 0.4) is 0 Å². The molecule has 20 heteroatoms. The predicted molar refractivity (Wildman–Crippen MR) is 162 cm³/mol. The average molecular weight is 722 g/mol. The Morgan fingerprint density at radius 1 is 0.920 bits per heavy atom. The number of piperidine rings is 1. The number of benzene rings is 1. The summed E-state index contributed by atoms with van der Waals surface area (Å²) in [7, 11) is 1.96.